The number of hydrogen-bond donors (Lipinski definition) is 6. The van der Waals surface area contributed by atoms with E-state index < -0.39 is 31.2 Å². The van der Waals surface area contributed by atoms with E-state index in [1.54, 1.807) is 0 Å². The first-order chi connectivity index (χ1) is 6.00. The van der Waals surface area contributed by atoms with Gasteiger partial charge in [-0.2, -0.15) is 25.3 Å². The molecule has 0 aromatic heterocycles. The molecule has 0 unspecified atom stereocenters. The van der Waals surface area contributed by atoms with Gasteiger partial charge in [0.1, 0.15) is 0 Å². The van der Waals surface area contributed by atoms with Crippen molar-refractivity contribution in [1.29, 1.82) is 0 Å². The van der Waals surface area contributed by atoms with Crippen molar-refractivity contribution in [3.63, 3.8) is 0 Å². The van der Waals surface area contributed by atoms with Crippen LogP contribution in [0.15, 0.2) is 0 Å². The topological polar surface area (TPSA) is 224 Å². The van der Waals surface area contributed by atoms with Gasteiger partial charge >= 0.3 is 31.2 Å². The Balaban J connectivity index is -0.0000000400. The maximum Gasteiger partial charge on any atom is 0.394 e. The van der Waals surface area contributed by atoms with Crippen LogP contribution >= 0.6 is 0 Å². The van der Waals surface area contributed by atoms with Crippen LogP contribution in [0.25, 0.3) is 0 Å². The zero-order valence-corrected chi connectivity index (χ0v) is 13.1. The van der Waals surface area contributed by atoms with Crippen LogP contribution in [0.4, 0.5) is 0 Å². The molecule has 0 rings (SSSR count). The van der Waals surface area contributed by atoms with Gasteiger partial charge < -0.3 is 0 Å². The van der Waals surface area contributed by atoms with Crippen molar-refractivity contribution in [3.8, 4) is 0 Å². The Labute approximate surface area is 156 Å². The zero-order chi connectivity index (χ0) is 13.5. The van der Waals surface area contributed by atoms with Crippen LogP contribution in [-0.4, -0.2) is 52.6 Å². The quantitative estimate of drug-likeness (QED) is 0.161. The van der Waals surface area contributed by atoms with Crippen molar-refractivity contribution < 1.29 is 127 Å². The van der Waals surface area contributed by atoms with Gasteiger partial charge in [-0.1, -0.05) is 0 Å². The zero-order valence-electron chi connectivity index (χ0n) is 6.93. The SMILES string of the molecule is O=S(=O)(O)O.O=S(=O)(O)O.O=S(=O)(O)O.[Er].[Er]. The summed E-state index contributed by atoms with van der Waals surface area (Å²) in [4.78, 5) is 0. The van der Waals surface area contributed by atoms with E-state index in [0.29, 0.717) is 0 Å². The van der Waals surface area contributed by atoms with E-state index in [1.807, 2.05) is 0 Å². The Kier molecular flexibility index (Phi) is 24.3. The van der Waals surface area contributed by atoms with E-state index in [-0.39, 0.29) is 74.6 Å². The second-order valence-electron chi connectivity index (χ2n) is 1.34. The summed E-state index contributed by atoms with van der Waals surface area (Å²) in [7, 11) is -14.0. The largest absolute Gasteiger partial charge is 0.394 e. The smallest absolute Gasteiger partial charge is 0.264 e. The van der Waals surface area contributed by atoms with Crippen LogP contribution in [-0.2, 0) is 31.2 Å². The van der Waals surface area contributed by atoms with Crippen molar-refractivity contribution in [2.24, 2.45) is 0 Å². The van der Waals surface area contributed by atoms with Gasteiger partial charge in [-0.05, 0) is 0 Å². The third kappa shape index (κ3) is 1060. The van der Waals surface area contributed by atoms with Crippen molar-refractivity contribution in [3.05, 3.63) is 0 Å². The minimum atomic E-state index is -4.67. The van der Waals surface area contributed by atoms with E-state index >= 15 is 0 Å². The summed E-state index contributed by atoms with van der Waals surface area (Å²) in [6.07, 6.45) is 0. The molecule has 0 atom stereocenters. The fourth-order valence-electron chi connectivity index (χ4n) is 0. The summed E-state index contributed by atoms with van der Waals surface area (Å²) < 4.78 is 94.8. The molecule has 17 heteroatoms. The van der Waals surface area contributed by atoms with Gasteiger partial charge in [-0.15, -0.1) is 0 Å². The third-order valence-corrected chi connectivity index (χ3v) is 0. The fourth-order valence-corrected chi connectivity index (χ4v) is 0. The molecule has 0 aliphatic rings. The molecule has 0 saturated carbocycles. The molecule has 0 spiro atoms. The predicted molar refractivity (Wildman–Crippen MR) is 42.5 cm³/mol. The van der Waals surface area contributed by atoms with Crippen molar-refractivity contribution >= 4 is 31.2 Å². The Bertz CT molecular complexity index is 341. The number of hydrogen-bond acceptors (Lipinski definition) is 6. The molecule has 6 N–H and O–H groups in total. The van der Waals surface area contributed by atoms with E-state index in [1.165, 1.54) is 0 Å². The Morgan fingerprint density at radius 2 is 0.412 bits per heavy atom. The maximum atomic E-state index is 8.74. The molecular weight excluding hydrogens is 623 g/mol. The summed E-state index contributed by atoms with van der Waals surface area (Å²) in [5.41, 5.74) is 0. The van der Waals surface area contributed by atoms with E-state index in [9.17, 15) is 0 Å². The van der Waals surface area contributed by atoms with Gasteiger partial charge in [0.05, 0.1) is 0 Å². The van der Waals surface area contributed by atoms with Crippen LogP contribution in [0.3, 0.4) is 0 Å². The maximum absolute atomic E-state index is 8.74. The van der Waals surface area contributed by atoms with Gasteiger partial charge in [0, 0.05) is 74.6 Å². The van der Waals surface area contributed by atoms with Crippen molar-refractivity contribution in [2.75, 3.05) is 0 Å². The van der Waals surface area contributed by atoms with Gasteiger partial charge in [0.2, 0.25) is 0 Å². The molecule has 0 radical (unpaired) electrons. The monoisotopic (exact) mass is 626 g/mol. The Hall–Kier alpha value is 2.10. The first kappa shape index (κ1) is 31.5. The molecule has 17 heavy (non-hydrogen) atoms. The van der Waals surface area contributed by atoms with Crippen LogP contribution < -0.4 is 0 Å². The molecule has 0 amide bonds. The third-order valence-electron chi connectivity index (χ3n) is 0. The second kappa shape index (κ2) is 13.1. The summed E-state index contributed by atoms with van der Waals surface area (Å²) in [5.74, 6) is 0. The van der Waals surface area contributed by atoms with Gasteiger partial charge in [-0.25, -0.2) is 0 Å². The summed E-state index contributed by atoms with van der Waals surface area (Å²) in [6.45, 7) is 0. The van der Waals surface area contributed by atoms with Gasteiger partial charge in [0.15, 0.2) is 0 Å². The van der Waals surface area contributed by atoms with Crippen LogP contribution in [0.5, 0.6) is 0 Å². The molecule has 0 aliphatic carbocycles. The summed E-state index contributed by atoms with van der Waals surface area (Å²) >= 11 is 0. The molecule has 0 fully saturated rings. The van der Waals surface area contributed by atoms with E-state index in [4.69, 9.17) is 52.6 Å². The normalized spacial score (nSPS) is 10.2. The minimum Gasteiger partial charge on any atom is -0.264 e. The molecule has 0 aromatic rings. The molecule has 0 aromatic carbocycles. The van der Waals surface area contributed by atoms with Crippen LogP contribution in [0, 0.1) is 74.6 Å². The standard InChI is InChI=1S/2Er.3H2O4S/c;;3*1-5(2,3)4/h;;3*(H2,1,2,3,4). The van der Waals surface area contributed by atoms with Gasteiger partial charge in [0.25, 0.3) is 0 Å². The molecule has 0 saturated heterocycles. The predicted octanol–water partition coefficient (Wildman–Crippen LogP) is -1.96. The van der Waals surface area contributed by atoms with E-state index in [0.717, 1.165) is 0 Å². The van der Waals surface area contributed by atoms with Gasteiger partial charge in [-0.3, -0.25) is 27.3 Å². The van der Waals surface area contributed by atoms with E-state index in [2.05, 4.69) is 0 Å². The Morgan fingerprint density at radius 1 is 0.412 bits per heavy atom. The Morgan fingerprint density at radius 3 is 0.412 bits per heavy atom. The molecule has 120 valence electrons. The van der Waals surface area contributed by atoms with Crippen LogP contribution in [0.1, 0.15) is 0 Å². The molecule has 0 heterocycles. The number of rotatable bonds is 0. The average molecular weight is 629 g/mol. The summed E-state index contributed by atoms with van der Waals surface area (Å²) in [5, 5.41) is 0. The van der Waals surface area contributed by atoms with Crippen LogP contribution in [0.2, 0.25) is 0 Å². The molecule has 0 aliphatic heterocycles. The summed E-state index contributed by atoms with van der Waals surface area (Å²) in [6, 6.07) is 0. The fraction of sp³-hybridized carbons (Fsp3) is 0. The first-order valence-electron chi connectivity index (χ1n) is 2.10. The molecule has 0 bridgehead atoms. The second-order valence-corrected chi connectivity index (χ2v) is 4.03. The molecular formula is H6Er2O12S3. The average Bonchev–Trinajstić information content (AvgIpc) is 1.41. The molecule has 12 nitrogen and oxygen atoms in total. The van der Waals surface area contributed by atoms with Crippen molar-refractivity contribution in [1.82, 2.24) is 0 Å². The first-order valence-corrected chi connectivity index (χ1v) is 6.29. The minimum absolute atomic E-state index is 0. The van der Waals surface area contributed by atoms with Crippen molar-refractivity contribution in [2.45, 2.75) is 0 Å².